The van der Waals surface area contributed by atoms with Crippen LogP contribution in [0.2, 0.25) is 5.02 Å². The Morgan fingerprint density at radius 1 is 1.07 bits per heavy atom. The molecule has 0 spiro atoms. The van der Waals surface area contributed by atoms with Gasteiger partial charge in [-0.2, -0.15) is 0 Å². The number of thiophene rings is 1. The fraction of sp³-hybridized carbons (Fsp3) is 0.421. The third-order valence-electron chi connectivity index (χ3n) is 4.22. The third-order valence-corrected chi connectivity index (χ3v) is 7.22. The maximum Gasteiger partial charge on any atom is 0.333 e. The lowest BCUT2D eigenvalue weighted by molar-refractivity contribution is 0.199. The Hall–Kier alpha value is -1.61. The average Bonchev–Trinajstić information content (AvgIpc) is 3.06. The van der Waals surface area contributed by atoms with Crippen LogP contribution in [0.1, 0.15) is 69.2 Å². The molecule has 1 unspecified atom stereocenters. The van der Waals surface area contributed by atoms with Crippen molar-refractivity contribution in [3.05, 3.63) is 45.3 Å². The predicted octanol–water partition coefficient (Wildman–Crippen LogP) is 5.21. The van der Waals surface area contributed by atoms with Gasteiger partial charge < -0.3 is 10.4 Å². The summed E-state index contributed by atoms with van der Waals surface area (Å²) in [5, 5.41) is 14.4. The lowest BCUT2D eigenvalue weighted by atomic mass is 9.92. The number of halogens is 1. The van der Waals surface area contributed by atoms with E-state index in [1.165, 1.54) is 6.07 Å². The molecule has 0 saturated carbocycles. The maximum absolute atomic E-state index is 12.5. The quantitative estimate of drug-likeness (QED) is 0.569. The van der Waals surface area contributed by atoms with Crippen molar-refractivity contribution in [2.24, 2.45) is 0 Å². The van der Waals surface area contributed by atoms with Crippen LogP contribution in [-0.2, 0) is 10.0 Å². The van der Waals surface area contributed by atoms with E-state index in [1.54, 1.807) is 24.4 Å². The smallest absolute Gasteiger partial charge is 0.333 e. The molecule has 0 fully saturated rings. The van der Waals surface area contributed by atoms with E-state index >= 15 is 0 Å². The van der Waals surface area contributed by atoms with Crippen molar-refractivity contribution in [2.75, 3.05) is 5.32 Å². The van der Waals surface area contributed by atoms with Gasteiger partial charge in [0.1, 0.15) is 4.21 Å². The minimum Gasteiger partial charge on any atom is -0.389 e. The number of aliphatic hydroxyl groups is 1. The molecule has 28 heavy (non-hydrogen) atoms. The number of aliphatic hydroxyl groups excluding tert-OH is 1. The van der Waals surface area contributed by atoms with Crippen molar-refractivity contribution >= 4 is 44.7 Å². The van der Waals surface area contributed by atoms with Crippen LogP contribution in [0.3, 0.4) is 0 Å². The highest BCUT2D eigenvalue weighted by molar-refractivity contribution is 7.92. The maximum atomic E-state index is 12.5. The number of anilines is 1. The molecule has 1 aromatic heterocycles. The van der Waals surface area contributed by atoms with Crippen molar-refractivity contribution in [2.45, 2.75) is 56.8 Å². The number of carbonyl (C=O) groups excluding carboxylic acids is 1. The summed E-state index contributed by atoms with van der Waals surface area (Å²) in [6.45, 7) is 9.43. The van der Waals surface area contributed by atoms with E-state index in [0.717, 1.165) is 22.5 Å². The zero-order valence-electron chi connectivity index (χ0n) is 16.4. The Morgan fingerprint density at radius 3 is 2.04 bits per heavy atom. The molecule has 9 heteroatoms. The first-order chi connectivity index (χ1) is 12.9. The third kappa shape index (κ3) is 5.26. The molecule has 1 atom stereocenters. The second-order valence-electron chi connectivity index (χ2n) is 7.20. The standard InChI is InChI=1S/C19H25ClN2O4S2/c1-10(2)15-7-14(20)8-16(11(3)4)18(15)21-19(24)22-28(25,26)17-6-13(9-27-17)12(5)23/h6-12,23H,1-5H3,(H2,21,22,24). The van der Waals surface area contributed by atoms with E-state index in [2.05, 4.69) is 5.32 Å². The molecule has 154 valence electrons. The van der Waals surface area contributed by atoms with Gasteiger partial charge in [0.15, 0.2) is 0 Å². The summed E-state index contributed by atoms with van der Waals surface area (Å²) >= 11 is 7.16. The molecule has 0 aliphatic carbocycles. The molecule has 2 rings (SSSR count). The summed E-state index contributed by atoms with van der Waals surface area (Å²) in [6, 6.07) is 4.05. The molecule has 2 aromatic rings. The lowest BCUT2D eigenvalue weighted by Crippen LogP contribution is -2.34. The molecule has 0 bridgehead atoms. The normalized spacial score (nSPS) is 13.0. The molecular weight excluding hydrogens is 420 g/mol. The van der Waals surface area contributed by atoms with Crippen LogP contribution >= 0.6 is 22.9 Å². The summed E-state index contributed by atoms with van der Waals surface area (Å²) in [6.07, 6.45) is -0.787. The van der Waals surface area contributed by atoms with Gasteiger partial charge in [-0.05, 0) is 59.0 Å². The molecule has 0 aliphatic heterocycles. The summed E-state index contributed by atoms with van der Waals surface area (Å²) in [4.78, 5) is 12.5. The lowest BCUT2D eigenvalue weighted by Gasteiger charge is -2.21. The Morgan fingerprint density at radius 2 is 1.61 bits per heavy atom. The summed E-state index contributed by atoms with van der Waals surface area (Å²) in [5.41, 5.74) is 2.71. The molecule has 2 amide bonds. The molecule has 0 radical (unpaired) electrons. The molecule has 1 aromatic carbocycles. The van der Waals surface area contributed by atoms with E-state index in [9.17, 15) is 18.3 Å². The van der Waals surface area contributed by atoms with Crippen molar-refractivity contribution in [3.8, 4) is 0 Å². The number of hydrogen-bond acceptors (Lipinski definition) is 5. The van der Waals surface area contributed by atoms with Gasteiger partial charge in [-0.25, -0.2) is 17.9 Å². The van der Waals surface area contributed by atoms with Crippen molar-refractivity contribution < 1.29 is 18.3 Å². The van der Waals surface area contributed by atoms with E-state index < -0.39 is 22.2 Å². The Balaban J connectivity index is 2.31. The number of nitrogens with one attached hydrogen (secondary N) is 2. The van der Waals surface area contributed by atoms with Gasteiger partial charge in [0.05, 0.1) is 6.10 Å². The highest BCUT2D eigenvalue weighted by Crippen LogP contribution is 2.35. The van der Waals surface area contributed by atoms with Crippen LogP contribution in [0, 0.1) is 0 Å². The molecule has 6 nitrogen and oxygen atoms in total. The first-order valence-electron chi connectivity index (χ1n) is 8.86. The van der Waals surface area contributed by atoms with Crippen LogP contribution < -0.4 is 10.0 Å². The van der Waals surface area contributed by atoms with Gasteiger partial charge in [0, 0.05) is 10.7 Å². The van der Waals surface area contributed by atoms with Crippen LogP contribution in [0.4, 0.5) is 10.5 Å². The van der Waals surface area contributed by atoms with Gasteiger partial charge in [-0.3, -0.25) is 0 Å². The fourth-order valence-electron chi connectivity index (χ4n) is 2.71. The van der Waals surface area contributed by atoms with Gasteiger partial charge in [0.2, 0.25) is 0 Å². The zero-order chi connectivity index (χ0) is 21.2. The van der Waals surface area contributed by atoms with Crippen molar-refractivity contribution in [1.82, 2.24) is 4.72 Å². The van der Waals surface area contributed by atoms with E-state index in [-0.39, 0.29) is 16.0 Å². The summed E-state index contributed by atoms with van der Waals surface area (Å²) < 4.78 is 27.0. The number of hydrogen-bond donors (Lipinski definition) is 3. The molecule has 0 saturated heterocycles. The highest BCUT2D eigenvalue weighted by Gasteiger charge is 2.23. The topological polar surface area (TPSA) is 95.5 Å². The monoisotopic (exact) mass is 444 g/mol. The number of rotatable bonds is 6. The molecule has 1 heterocycles. The summed E-state index contributed by atoms with van der Waals surface area (Å²) in [7, 11) is -4.05. The number of sulfonamides is 1. The van der Waals surface area contributed by atoms with Crippen molar-refractivity contribution in [3.63, 3.8) is 0 Å². The van der Waals surface area contributed by atoms with Gasteiger partial charge in [0.25, 0.3) is 10.0 Å². The summed E-state index contributed by atoms with van der Waals surface area (Å²) in [5.74, 6) is 0.156. The minimum atomic E-state index is -4.05. The second-order valence-corrected chi connectivity index (χ2v) is 10.5. The van der Waals surface area contributed by atoms with Gasteiger partial charge in [-0.1, -0.05) is 39.3 Å². The van der Waals surface area contributed by atoms with Crippen LogP contribution in [0.15, 0.2) is 27.8 Å². The Labute approximate surface area is 175 Å². The molecule has 0 aliphatic rings. The van der Waals surface area contributed by atoms with Gasteiger partial charge in [-0.15, -0.1) is 11.3 Å². The van der Waals surface area contributed by atoms with Crippen molar-refractivity contribution in [1.29, 1.82) is 0 Å². The molecular formula is C19H25ClN2O4S2. The van der Waals surface area contributed by atoms with E-state index in [1.807, 2.05) is 32.4 Å². The minimum absolute atomic E-state index is 0.0391. The highest BCUT2D eigenvalue weighted by atomic mass is 35.5. The van der Waals surface area contributed by atoms with Gasteiger partial charge >= 0.3 is 6.03 Å². The average molecular weight is 445 g/mol. The van der Waals surface area contributed by atoms with Crippen LogP contribution in [0.25, 0.3) is 0 Å². The zero-order valence-corrected chi connectivity index (χ0v) is 18.8. The fourth-order valence-corrected chi connectivity index (χ4v) is 5.13. The van der Waals surface area contributed by atoms with E-state index in [4.69, 9.17) is 11.6 Å². The van der Waals surface area contributed by atoms with Crippen LogP contribution in [-0.4, -0.2) is 19.6 Å². The largest absolute Gasteiger partial charge is 0.389 e. The SMILES string of the molecule is CC(C)c1cc(Cl)cc(C(C)C)c1NC(=O)NS(=O)(=O)c1cc(C(C)O)cs1. The number of benzene rings is 1. The number of amides is 2. The Kier molecular flexibility index (Phi) is 7.14. The second kappa shape index (κ2) is 8.82. The predicted molar refractivity (Wildman–Crippen MR) is 114 cm³/mol. The van der Waals surface area contributed by atoms with Crippen LogP contribution in [0.5, 0.6) is 0 Å². The Bertz CT molecular complexity index is 937. The first-order valence-corrected chi connectivity index (χ1v) is 11.6. The molecule has 3 N–H and O–H groups in total. The number of carbonyl (C=O) groups is 1. The van der Waals surface area contributed by atoms with E-state index in [0.29, 0.717) is 16.3 Å². The number of urea groups is 1. The first kappa shape index (κ1) is 22.7.